The molecule has 0 unspecified atom stereocenters. The van der Waals surface area contributed by atoms with E-state index < -0.39 is 24.2 Å². The average Bonchev–Trinajstić information content (AvgIpc) is 2.67. The number of hydrogen-bond acceptors (Lipinski definition) is 4. The Bertz CT molecular complexity index is 802. The first-order valence-electron chi connectivity index (χ1n) is 9.29. The standard InChI is InChI=1S/C22H24F2O4/c23-21(24)10-15-7-5-14(6-8-15)9-16-3-1-2-4-20(16)28-18-11-17(13-25)22(27)19(26)12-18/h1-8,10,17-19,22,25-27H,9,11-13H2/t17-,18-,19-,22-/m1/s1. The highest BCUT2D eigenvalue weighted by Gasteiger charge is 2.36. The lowest BCUT2D eigenvalue weighted by atomic mass is 9.83. The second-order valence-corrected chi connectivity index (χ2v) is 7.17. The van der Waals surface area contributed by atoms with Gasteiger partial charge in [0.2, 0.25) is 0 Å². The minimum atomic E-state index is -1.73. The van der Waals surface area contributed by atoms with E-state index in [4.69, 9.17) is 4.74 Å². The Labute approximate surface area is 162 Å². The molecule has 0 heterocycles. The second-order valence-electron chi connectivity index (χ2n) is 7.17. The van der Waals surface area contributed by atoms with Crippen LogP contribution in [0.4, 0.5) is 8.78 Å². The Hall–Kier alpha value is -2.28. The molecule has 0 bridgehead atoms. The van der Waals surface area contributed by atoms with E-state index in [2.05, 4.69) is 0 Å². The van der Waals surface area contributed by atoms with Crippen LogP contribution in [0.3, 0.4) is 0 Å². The summed E-state index contributed by atoms with van der Waals surface area (Å²) in [6.07, 6.45) is -1.77. The Kier molecular flexibility index (Phi) is 6.78. The summed E-state index contributed by atoms with van der Waals surface area (Å²) >= 11 is 0. The van der Waals surface area contributed by atoms with Gasteiger partial charge >= 0.3 is 0 Å². The highest BCUT2D eigenvalue weighted by molar-refractivity contribution is 5.50. The van der Waals surface area contributed by atoms with Crippen molar-refractivity contribution in [2.75, 3.05) is 6.61 Å². The molecule has 0 aliphatic heterocycles. The van der Waals surface area contributed by atoms with Crippen LogP contribution in [0.5, 0.6) is 5.75 Å². The Morgan fingerprint density at radius 1 is 1.04 bits per heavy atom. The van der Waals surface area contributed by atoms with Crippen LogP contribution in [0.2, 0.25) is 0 Å². The van der Waals surface area contributed by atoms with Crippen LogP contribution in [0.1, 0.15) is 29.5 Å². The fraction of sp³-hybridized carbons (Fsp3) is 0.364. The molecular weight excluding hydrogens is 366 g/mol. The van der Waals surface area contributed by atoms with Gasteiger partial charge in [0.1, 0.15) is 11.9 Å². The van der Waals surface area contributed by atoms with Crippen molar-refractivity contribution in [3.05, 3.63) is 71.3 Å². The van der Waals surface area contributed by atoms with Crippen molar-refractivity contribution in [2.45, 2.75) is 37.6 Å². The maximum Gasteiger partial charge on any atom is 0.270 e. The molecule has 3 rings (SSSR count). The van der Waals surface area contributed by atoms with E-state index in [0.29, 0.717) is 30.6 Å². The summed E-state index contributed by atoms with van der Waals surface area (Å²) in [6, 6.07) is 14.4. The summed E-state index contributed by atoms with van der Waals surface area (Å²) in [7, 11) is 0. The van der Waals surface area contributed by atoms with Gasteiger partial charge in [-0.1, -0.05) is 42.5 Å². The molecule has 0 radical (unpaired) electrons. The molecule has 1 fully saturated rings. The van der Waals surface area contributed by atoms with Crippen LogP contribution >= 0.6 is 0 Å². The Morgan fingerprint density at radius 2 is 1.75 bits per heavy atom. The second kappa shape index (κ2) is 9.28. The number of aliphatic hydroxyl groups is 3. The highest BCUT2D eigenvalue weighted by atomic mass is 19.3. The molecule has 0 saturated heterocycles. The predicted molar refractivity (Wildman–Crippen MR) is 102 cm³/mol. The van der Waals surface area contributed by atoms with Crippen molar-refractivity contribution in [1.29, 1.82) is 0 Å². The molecule has 3 N–H and O–H groups in total. The van der Waals surface area contributed by atoms with Gasteiger partial charge in [0, 0.05) is 31.4 Å². The smallest absolute Gasteiger partial charge is 0.270 e. The number of rotatable bonds is 6. The molecule has 28 heavy (non-hydrogen) atoms. The van der Waals surface area contributed by atoms with Crippen molar-refractivity contribution >= 4 is 6.08 Å². The van der Waals surface area contributed by atoms with Crippen LogP contribution in [0.15, 0.2) is 54.6 Å². The van der Waals surface area contributed by atoms with E-state index in [1.807, 2.05) is 24.3 Å². The van der Waals surface area contributed by atoms with Gasteiger partial charge < -0.3 is 20.1 Å². The number of benzene rings is 2. The van der Waals surface area contributed by atoms with Gasteiger partial charge in [0.15, 0.2) is 0 Å². The van der Waals surface area contributed by atoms with Gasteiger partial charge in [-0.25, -0.2) is 0 Å². The predicted octanol–water partition coefficient (Wildman–Crippen LogP) is 3.39. The third-order valence-electron chi connectivity index (χ3n) is 5.10. The maximum absolute atomic E-state index is 12.3. The third kappa shape index (κ3) is 5.16. The van der Waals surface area contributed by atoms with Gasteiger partial charge in [0.05, 0.1) is 12.2 Å². The first-order chi connectivity index (χ1) is 13.5. The third-order valence-corrected chi connectivity index (χ3v) is 5.10. The van der Waals surface area contributed by atoms with Crippen LogP contribution in [0.25, 0.3) is 6.08 Å². The molecule has 150 valence electrons. The lowest BCUT2D eigenvalue weighted by Crippen LogP contribution is -2.46. The Balaban J connectivity index is 1.72. The minimum Gasteiger partial charge on any atom is -0.490 e. The number of halogens is 2. The average molecular weight is 390 g/mol. The van der Waals surface area contributed by atoms with Gasteiger partial charge in [-0.3, -0.25) is 0 Å². The number of hydrogen-bond donors (Lipinski definition) is 3. The van der Waals surface area contributed by atoms with E-state index >= 15 is 0 Å². The molecule has 1 saturated carbocycles. The van der Waals surface area contributed by atoms with E-state index in [-0.39, 0.29) is 12.7 Å². The summed E-state index contributed by atoms with van der Waals surface area (Å²) in [5, 5.41) is 29.4. The molecule has 0 spiro atoms. The van der Waals surface area contributed by atoms with Crippen molar-refractivity contribution in [3.63, 3.8) is 0 Å². The molecule has 2 aromatic rings. The molecule has 1 aliphatic rings. The number of para-hydroxylation sites is 1. The van der Waals surface area contributed by atoms with Crippen LogP contribution < -0.4 is 4.74 Å². The normalized spacial score (nSPS) is 24.6. The molecule has 2 aromatic carbocycles. The van der Waals surface area contributed by atoms with E-state index in [1.165, 1.54) is 0 Å². The van der Waals surface area contributed by atoms with Crippen molar-refractivity contribution in [2.24, 2.45) is 5.92 Å². The zero-order valence-electron chi connectivity index (χ0n) is 15.3. The molecule has 6 heteroatoms. The zero-order valence-corrected chi connectivity index (χ0v) is 15.3. The summed E-state index contributed by atoms with van der Waals surface area (Å²) in [4.78, 5) is 0. The summed E-state index contributed by atoms with van der Waals surface area (Å²) < 4.78 is 30.8. The fourth-order valence-electron chi connectivity index (χ4n) is 3.60. The molecule has 4 nitrogen and oxygen atoms in total. The van der Waals surface area contributed by atoms with Crippen LogP contribution in [-0.4, -0.2) is 40.2 Å². The first-order valence-corrected chi connectivity index (χ1v) is 9.29. The quantitative estimate of drug-likeness (QED) is 0.707. The van der Waals surface area contributed by atoms with Gasteiger partial charge in [-0.05, 0) is 29.2 Å². The molecule has 0 aromatic heterocycles. The van der Waals surface area contributed by atoms with Gasteiger partial charge in [-0.2, -0.15) is 8.78 Å². The summed E-state index contributed by atoms with van der Waals surface area (Å²) in [5.74, 6) is 0.254. The minimum absolute atomic E-state index is 0.208. The lowest BCUT2D eigenvalue weighted by Gasteiger charge is -2.36. The number of ether oxygens (including phenoxy) is 1. The zero-order chi connectivity index (χ0) is 20.1. The fourth-order valence-corrected chi connectivity index (χ4v) is 3.60. The van der Waals surface area contributed by atoms with Crippen molar-refractivity contribution in [1.82, 2.24) is 0 Å². The number of aliphatic hydroxyl groups excluding tert-OH is 3. The summed E-state index contributed by atoms with van der Waals surface area (Å²) in [5.41, 5.74) is 2.33. The SMILES string of the molecule is OC[C@H]1C[C@@H](Oc2ccccc2Cc2ccc(C=C(F)F)cc2)C[C@@H](O)[C@@H]1O. The lowest BCUT2D eigenvalue weighted by molar-refractivity contribution is -0.0892. The molecular formula is C22H24F2O4. The van der Waals surface area contributed by atoms with Gasteiger partial charge in [-0.15, -0.1) is 0 Å². The molecule has 4 atom stereocenters. The van der Waals surface area contributed by atoms with Crippen LogP contribution in [0, 0.1) is 5.92 Å². The molecule has 0 amide bonds. The maximum atomic E-state index is 12.3. The van der Waals surface area contributed by atoms with E-state index in [0.717, 1.165) is 17.2 Å². The monoisotopic (exact) mass is 390 g/mol. The van der Waals surface area contributed by atoms with Gasteiger partial charge in [0.25, 0.3) is 6.08 Å². The van der Waals surface area contributed by atoms with E-state index in [9.17, 15) is 24.1 Å². The largest absolute Gasteiger partial charge is 0.490 e. The van der Waals surface area contributed by atoms with Crippen LogP contribution in [-0.2, 0) is 6.42 Å². The van der Waals surface area contributed by atoms with Crippen molar-refractivity contribution in [3.8, 4) is 5.75 Å². The van der Waals surface area contributed by atoms with Crippen molar-refractivity contribution < 1.29 is 28.8 Å². The van der Waals surface area contributed by atoms with E-state index in [1.54, 1.807) is 24.3 Å². The highest BCUT2D eigenvalue weighted by Crippen LogP contribution is 2.30. The molecule has 1 aliphatic carbocycles. The topological polar surface area (TPSA) is 69.9 Å². The summed E-state index contributed by atoms with van der Waals surface area (Å²) in [6.45, 7) is -0.208. The Morgan fingerprint density at radius 3 is 2.43 bits per heavy atom. The first kappa shape index (κ1) is 20.5.